The van der Waals surface area contributed by atoms with E-state index >= 15 is 0 Å². The molecule has 0 bridgehead atoms. The average molecular weight is 418 g/mol. The van der Waals surface area contributed by atoms with Gasteiger partial charge in [0.05, 0.1) is 12.2 Å². The zero-order valence-corrected chi connectivity index (χ0v) is 19.1. The quantitative estimate of drug-likeness (QED) is 0.527. The van der Waals surface area contributed by atoms with Crippen molar-refractivity contribution in [1.29, 1.82) is 0 Å². The van der Waals surface area contributed by atoms with Crippen LogP contribution < -0.4 is 9.80 Å². The van der Waals surface area contributed by atoms with Crippen molar-refractivity contribution in [3.63, 3.8) is 0 Å². The highest BCUT2D eigenvalue weighted by Gasteiger charge is 2.65. The van der Waals surface area contributed by atoms with Crippen LogP contribution in [-0.4, -0.2) is 18.2 Å². The molecule has 3 fully saturated rings. The predicted molar refractivity (Wildman–Crippen MR) is 131 cm³/mol. The monoisotopic (exact) mass is 417 g/mol. The number of anilines is 2. The van der Waals surface area contributed by atoms with Crippen molar-refractivity contribution >= 4 is 11.4 Å². The van der Waals surface area contributed by atoms with Gasteiger partial charge in [0.25, 0.3) is 0 Å². The summed E-state index contributed by atoms with van der Waals surface area (Å²) in [4.78, 5) is 4.66. The van der Waals surface area contributed by atoms with Crippen molar-refractivity contribution < 1.29 is 4.11 Å². The molecule has 0 radical (unpaired) electrons. The van der Waals surface area contributed by atoms with Gasteiger partial charge in [-0.25, -0.2) is 0 Å². The van der Waals surface area contributed by atoms with Crippen LogP contribution in [0.15, 0.2) is 48.5 Å². The third-order valence-electron chi connectivity index (χ3n) is 9.32. The SMILES string of the molecule is [2H]C([2H])([2H])C1N2c3ccccc3C(C3CCCC3)(C3CCCC3)C2[C@H](C)N1c1ccccc1C. The molecule has 1 saturated heterocycles. The van der Waals surface area contributed by atoms with Crippen LogP contribution in [-0.2, 0) is 5.41 Å². The van der Waals surface area contributed by atoms with Crippen molar-refractivity contribution in [3.8, 4) is 0 Å². The predicted octanol–water partition coefficient (Wildman–Crippen LogP) is 7.06. The van der Waals surface area contributed by atoms with E-state index in [2.05, 4.69) is 72.2 Å². The number of fused-ring (bicyclic) bond motifs is 3. The summed E-state index contributed by atoms with van der Waals surface area (Å²) in [5, 5.41) is 0. The van der Waals surface area contributed by atoms with E-state index in [1.165, 1.54) is 62.6 Å². The summed E-state index contributed by atoms with van der Waals surface area (Å²) in [6.07, 6.45) is 9.74. The number of rotatable bonds is 3. The van der Waals surface area contributed by atoms with Crippen molar-refractivity contribution in [2.24, 2.45) is 11.8 Å². The van der Waals surface area contributed by atoms with E-state index in [1.54, 1.807) is 0 Å². The van der Waals surface area contributed by atoms with Gasteiger partial charge in [0.2, 0.25) is 0 Å². The molecule has 2 aliphatic heterocycles. The maximum Gasteiger partial charge on any atom is 0.0994 e. The molecule has 4 aliphatic rings. The Hall–Kier alpha value is -1.96. The molecule has 3 atom stereocenters. The van der Waals surface area contributed by atoms with Gasteiger partial charge in [0.15, 0.2) is 0 Å². The Kier molecular flexibility index (Phi) is 3.91. The van der Waals surface area contributed by atoms with Crippen LogP contribution in [0.3, 0.4) is 0 Å². The fraction of sp³-hybridized carbons (Fsp3) is 0.586. The molecule has 0 aromatic heterocycles. The topological polar surface area (TPSA) is 6.48 Å². The second-order valence-corrected chi connectivity index (χ2v) is 10.6. The number of nitrogens with zero attached hydrogens (tertiary/aromatic N) is 2. The Morgan fingerprint density at radius 2 is 1.39 bits per heavy atom. The molecule has 2 nitrogen and oxygen atoms in total. The first-order chi connectivity index (χ1) is 16.4. The lowest BCUT2D eigenvalue weighted by Crippen LogP contribution is -2.55. The number of hydrogen-bond acceptors (Lipinski definition) is 2. The standard InChI is InChI=1S/C29H38N2/c1-20-12-4-10-18-26(20)30-21(2)28-29(23-13-5-6-14-23,24-15-7-8-16-24)25-17-9-11-19-27(25)31(28)22(30)3/h4,9-12,17-19,21-24,28H,5-8,13-16H2,1-3H3/t21-,22?,28?/m0/s1/i3D3. The molecule has 2 saturated carbocycles. The van der Waals surface area contributed by atoms with Crippen molar-refractivity contribution in [2.45, 2.75) is 95.7 Å². The van der Waals surface area contributed by atoms with Gasteiger partial charge in [0, 0.05) is 26.9 Å². The first-order valence-electron chi connectivity index (χ1n) is 14.1. The Morgan fingerprint density at radius 1 is 0.806 bits per heavy atom. The van der Waals surface area contributed by atoms with Gasteiger partial charge in [-0.3, -0.25) is 0 Å². The summed E-state index contributed by atoms with van der Waals surface area (Å²) < 4.78 is 26.3. The van der Waals surface area contributed by atoms with Crippen molar-refractivity contribution in [3.05, 3.63) is 59.7 Å². The highest BCUT2D eigenvalue weighted by molar-refractivity contribution is 5.72. The summed E-state index contributed by atoms with van der Waals surface area (Å²) in [6, 6.07) is 17.6. The smallest absolute Gasteiger partial charge is 0.0994 e. The Labute approximate surface area is 192 Å². The van der Waals surface area contributed by atoms with Crippen LogP contribution in [0.1, 0.15) is 80.4 Å². The fourth-order valence-electron chi connectivity index (χ4n) is 8.30. The van der Waals surface area contributed by atoms with Crippen LogP contribution in [0.2, 0.25) is 0 Å². The van der Waals surface area contributed by atoms with E-state index in [-0.39, 0.29) is 17.5 Å². The minimum absolute atomic E-state index is 0.0456. The third kappa shape index (κ3) is 2.57. The molecule has 0 spiro atoms. The Morgan fingerprint density at radius 3 is 2.00 bits per heavy atom. The number of benzene rings is 2. The van der Waals surface area contributed by atoms with Gasteiger partial charge >= 0.3 is 0 Å². The van der Waals surface area contributed by atoms with Crippen LogP contribution in [0.25, 0.3) is 0 Å². The average Bonchev–Trinajstić information content (AvgIpc) is 3.59. The number of para-hydroxylation sites is 2. The normalized spacial score (nSPS) is 32.1. The van der Waals surface area contributed by atoms with E-state index in [1.807, 2.05) is 0 Å². The maximum absolute atomic E-state index is 8.76. The van der Waals surface area contributed by atoms with Crippen LogP contribution >= 0.6 is 0 Å². The first-order valence-corrected chi connectivity index (χ1v) is 12.6. The molecule has 2 heterocycles. The summed E-state index contributed by atoms with van der Waals surface area (Å²) in [5.41, 5.74) is 4.93. The Bertz CT molecular complexity index is 1040. The largest absolute Gasteiger partial charge is 0.346 e. The summed E-state index contributed by atoms with van der Waals surface area (Å²) in [6.45, 7) is 2.33. The van der Waals surface area contributed by atoms with E-state index in [9.17, 15) is 0 Å². The van der Waals surface area contributed by atoms with Gasteiger partial charge in [-0.05, 0) is 81.5 Å². The lowest BCUT2D eigenvalue weighted by Gasteiger charge is -2.48. The first kappa shape index (κ1) is 16.6. The molecule has 6 rings (SSSR count). The van der Waals surface area contributed by atoms with Crippen LogP contribution in [0.4, 0.5) is 11.4 Å². The lowest BCUT2D eigenvalue weighted by molar-refractivity contribution is 0.140. The van der Waals surface area contributed by atoms with E-state index in [0.29, 0.717) is 11.8 Å². The van der Waals surface area contributed by atoms with Crippen LogP contribution in [0, 0.1) is 18.8 Å². The van der Waals surface area contributed by atoms with Gasteiger partial charge in [-0.15, -0.1) is 0 Å². The van der Waals surface area contributed by atoms with E-state index in [4.69, 9.17) is 4.11 Å². The van der Waals surface area contributed by atoms with E-state index < -0.39 is 13.0 Å². The third-order valence-corrected chi connectivity index (χ3v) is 9.32. The molecule has 31 heavy (non-hydrogen) atoms. The zero-order chi connectivity index (χ0) is 23.7. The maximum atomic E-state index is 8.76. The highest BCUT2D eigenvalue weighted by atomic mass is 15.5. The fourth-order valence-corrected chi connectivity index (χ4v) is 8.30. The van der Waals surface area contributed by atoms with Gasteiger partial charge < -0.3 is 9.80 Å². The van der Waals surface area contributed by atoms with Gasteiger partial charge in [-0.1, -0.05) is 62.1 Å². The highest BCUT2D eigenvalue weighted by Crippen LogP contribution is 2.64. The molecule has 2 aliphatic carbocycles. The number of hydrogen-bond donors (Lipinski definition) is 0. The molecule has 164 valence electrons. The second kappa shape index (κ2) is 7.29. The molecule has 2 unspecified atom stereocenters. The minimum atomic E-state index is -2.11. The van der Waals surface area contributed by atoms with E-state index in [0.717, 1.165) is 11.3 Å². The minimum Gasteiger partial charge on any atom is -0.346 e. The second-order valence-electron chi connectivity index (χ2n) is 10.6. The van der Waals surface area contributed by atoms with Crippen molar-refractivity contribution in [2.75, 3.05) is 9.80 Å². The molecule has 0 amide bonds. The molecule has 0 N–H and O–H groups in total. The Balaban J connectivity index is 1.61. The van der Waals surface area contributed by atoms with Gasteiger partial charge in [-0.2, -0.15) is 0 Å². The molecular weight excluding hydrogens is 376 g/mol. The van der Waals surface area contributed by atoms with Crippen molar-refractivity contribution in [1.82, 2.24) is 0 Å². The summed E-state index contributed by atoms with van der Waals surface area (Å²) >= 11 is 0. The molecule has 2 aromatic carbocycles. The molecule has 2 aromatic rings. The summed E-state index contributed by atoms with van der Waals surface area (Å²) in [7, 11) is 0. The molecule has 2 heteroatoms. The molecular formula is C29H38N2. The van der Waals surface area contributed by atoms with Gasteiger partial charge in [0.1, 0.15) is 0 Å². The van der Waals surface area contributed by atoms with Crippen LogP contribution in [0.5, 0.6) is 0 Å². The summed E-state index contributed by atoms with van der Waals surface area (Å²) in [5.74, 6) is 1.28. The number of aryl methyl sites for hydroxylation is 1. The zero-order valence-electron chi connectivity index (χ0n) is 22.1. The lowest BCUT2D eigenvalue weighted by atomic mass is 9.57.